The van der Waals surface area contributed by atoms with Gasteiger partial charge >= 0.3 is 0 Å². The maximum absolute atomic E-state index is 9.61. The van der Waals surface area contributed by atoms with Crippen molar-refractivity contribution in [2.45, 2.75) is 46.4 Å². The maximum Gasteiger partial charge on any atom is 0.209 e. The fourth-order valence-corrected chi connectivity index (χ4v) is 2.49. The first-order valence-electron chi connectivity index (χ1n) is 7.51. The number of aliphatic hydroxyl groups is 1. The van der Waals surface area contributed by atoms with Crippen molar-refractivity contribution in [2.75, 3.05) is 6.54 Å². The van der Waals surface area contributed by atoms with Crippen LogP contribution in [0.5, 0.6) is 0 Å². The molecule has 0 saturated heterocycles. The molecular formula is C17H23ClN2O2. The van der Waals surface area contributed by atoms with Gasteiger partial charge in [-0.25, -0.2) is 4.98 Å². The average molecular weight is 323 g/mol. The minimum atomic E-state index is -0.380. The number of aromatic nitrogens is 1. The van der Waals surface area contributed by atoms with Gasteiger partial charge in [0.2, 0.25) is 5.89 Å². The molecule has 0 aliphatic rings. The zero-order valence-corrected chi connectivity index (χ0v) is 14.3. The highest BCUT2D eigenvalue weighted by atomic mass is 35.5. The lowest BCUT2D eigenvalue weighted by atomic mass is 10.1. The minimum absolute atomic E-state index is 0.306. The van der Waals surface area contributed by atoms with Crippen molar-refractivity contribution in [3.63, 3.8) is 0 Å². The summed E-state index contributed by atoms with van der Waals surface area (Å²) < 4.78 is 5.93. The van der Waals surface area contributed by atoms with Crippen LogP contribution in [-0.4, -0.2) is 33.7 Å². The Morgan fingerprint density at radius 3 is 2.41 bits per heavy atom. The second kappa shape index (κ2) is 7.27. The number of aliphatic hydroxyl groups excluding tert-OH is 1. The van der Waals surface area contributed by atoms with E-state index in [0.29, 0.717) is 30.0 Å². The van der Waals surface area contributed by atoms with E-state index in [2.05, 4.69) is 23.7 Å². The van der Waals surface area contributed by atoms with Crippen molar-refractivity contribution in [3.8, 4) is 11.3 Å². The zero-order chi connectivity index (χ0) is 16.3. The van der Waals surface area contributed by atoms with Crippen LogP contribution in [0.3, 0.4) is 0 Å². The van der Waals surface area contributed by atoms with Gasteiger partial charge in [-0.3, -0.25) is 4.90 Å². The first-order valence-corrected chi connectivity index (χ1v) is 7.89. The predicted octanol–water partition coefficient (Wildman–Crippen LogP) is 3.89. The molecule has 1 heterocycles. The molecular weight excluding hydrogens is 300 g/mol. The first kappa shape index (κ1) is 17.0. The molecule has 0 saturated carbocycles. The summed E-state index contributed by atoms with van der Waals surface area (Å²) in [5.41, 5.74) is 1.82. The Bertz CT molecular complexity index is 606. The molecule has 0 aliphatic heterocycles. The van der Waals surface area contributed by atoms with Gasteiger partial charge in [0.25, 0.3) is 0 Å². The molecule has 0 bridgehead atoms. The van der Waals surface area contributed by atoms with Gasteiger partial charge in [-0.2, -0.15) is 0 Å². The highest BCUT2D eigenvalue weighted by molar-refractivity contribution is 6.30. The van der Waals surface area contributed by atoms with Crippen LogP contribution in [0.2, 0.25) is 5.02 Å². The van der Waals surface area contributed by atoms with E-state index in [0.717, 1.165) is 17.0 Å². The van der Waals surface area contributed by atoms with Crippen LogP contribution < -0.4 is 0 Å². The molecule has 0 fully saturated rings. The van der Waals surface area contributed by atoms with E-state index in [9.17, 15) is 5.11 Å². The van der Waals surface area contributed by atoms with Crippen molar-refractivity contribution >= 4 is 11.6 Å². The Morgan fingerprint density at radius 1 is 1.23 bits per heavy atom. The molecule has 5 heteroatoms. The smallest absolute Gasteiger partial charge is 0.209 e. The van der Waals surface area contributed by atoms with Crippen LogP contribution in [0.25, 0.3) is 11.3 Å². The number of aryl methyl sites for hydroxylation is 1. The molecule has 22 heavy (non-hydrogen) atoms. The minimum Gasteiger partial charge on any atom is -0.439 e. The quantitative estimate of drug-likeness (QED) is 0.876. The molecule has 0 amide bonds. The Labute approximate surface area is 136 Å². The highest BCUT2D eigenvalue weighted by Gasteiger charge is 2.18. The summed E-state index contributed by atoms with van der Waals surface area (Å²) in [7, 11) is 0. The van der Waals surface area contributed by atoms with Crippen LogP contribution >= 0.6 is 11.6 Å². The number of nitrogens with zero attached hydrogens (tertiary/aromatic N) is 2. The predicted molar refractivity (Wildman–Crippen MR) is 88.9 cm³/mol. The monoisotopic (exact) mass is 322 g/mol. The number of hydrogen-bond donors (Lipinski definition) is 1. The van der Waals surface area contributed by atoms with E-state index in [-0.39, 0.29) is 6.10 Å². The van der Waals surface area contributed by atoms with Gasteiger partial charge in [-0.1, -0.05) is 11.6 Å². The summed E-state index contributed by atoms with van der Waals surface area (Å²) in [6.45, 7) is 9.09. The van der Waals surface area contributed by atoms with Crippen molar-refractivity contribution < 1.29 is 9.52 Å². The fraction of sp³-hybridized carbons (Fsp3) is 0.471. The van der Waals surface area contributed by atoms with Gasteiger partial charge in [-0.15, -0.1) is 0 Å². The largest absolute Gasteiger partial charge is 0.439 e. The molecule has 1 atom stereocenters. The van der Waals surface area contributed by atoms with Gasteiger partial charge in [0.15, 0.2) is 5.76 Å². The SMILES string of the molecule is Cc1nc(CN(CC(C)O)C(C)C)oc1-c1ccc(Cl)cc1. The van der Waals surface area contributed by atoms with Crippen LogP contribution in [0.1, 0.15) is 32.4 Å². The van der Waals surface area contributed by atoms with Crippen molar-refractivity contribution in [1.82, 2.24) is 9.88 Å². The molecule has 1 aromatic carbocycles. The zero-order valence-electron chi connectivity index (χ0n) is 13.5. The van der Waals surface area contributed by atoms with Crippen molar-refractivity contribution in [3.05, 3.63) is 40.9 Å². The number of rotatable bonds is 6. The molecule has 0 aliphatic carbocycles. The molecule has 1 aromatic heterocycles. The number of hydrogen-bond acceptors (Lipinski definition) is 4. The Balaban J connectivity index is 2.20. The molecule has 1 N–H and O–H groups in total. The lowest BCUT2D eigenvalue weighted by molar-refractivity contribution is 0.0964. The third-order valence-corrected chi connectivity index (χ3v) is 3.77. The fourth-order valence-electron chi connectivity index (χ4n) is 2.36. The third-order valence-electron chi connectivity index (χ3n) is 3.51. The van der Waals surface area contributed by atoms with Gasteiger partial charge < -0.3 is 9.52 Å². The second-order valence-electron chi connectivity index (χ2n) is 5.90. The van der Waals surface area contributed by atoms with Crippen molar-refractivity contribution in [2.24, 2.45) is 0 Å². The molecule has 0 radical (unpaired) electrons. The van der Waals surface area contributed by atoms with E-state index in [1.807, 2.05) is 31.2 Å². The standard InChI is InChI=1S/C17H23ClN2O2/c1-11(2)20(9-12(3)21)10-16-19-13(4)17(22-16)14-5-7-15(18)8-6-14/h5-8,11-12,21H,9-10H2,1-4H3. The Morgan fingerprint density at radius 2 is 1.86 bits per heavy atom. The Kier molecular flexibility index (Phi) is 5.62. The van der Waals surface area contributed by atoms with Crippen LogP contribution in [0.15, 0.2) is 28.7 Å². The summed E-state index contributed by atoms with van der Waals surface area (Å²) in [4.78, 5) is 6.66. The van der Waals surface area contributed by atoms with Gasteiger partial charge in [-0.05, 0) is 52.0 Å². The summed E-state index contributed by atoms with van der Waals surface area (Å²) in [6.07, 6.45) is -0.380. The van der Waals surface area contributed by atoms with Crippen LogP contribution in [-0.2, 0) is 6.54 Å². The first-order chi connectivity index (χ1) is 10.4. The number of halogens is 1. The summed E-state index contributed by atoms with van der Waals surface area (Å²) in [5, 5.41) is 10.3. The van der Waals surface area contributed by atoms with E-state index in [1.165, 1.54) is 0 Å². The van der Waals surface area contributed by atoms with Crippen molar-refractivity contribution in [1.29, 1.82) is 0 Å². The van der Waals surface area contributed by atoms with Gasteiger partial charge in [0.1, 0.15) is 0 Å². The summed E-state index contributed by atoms with van der Waals surface area (Å²) >= 11 is 5.92. The molecule has 2 aromatic rings. The maximum atomic E-state index is 9.61. The summed E-state index contributed by atoms with van der Waals surface area (Å²) in [6, 6.07) is 7.84. The van der Waals surface area contributed by atoms with Crippen LogP contribution in [0.4, 0.5) is 0 Å². The molecule has 2 rings (SSSR count). The second-order valence-corrected chi connectivity index (χ2v) is 6.34. The normalized spacial score (nSPS) is 13.1. The molecule has 1 unspecified atom stereocenters. The lowest BCUT2D eigenvalue weighted by Gasteiger charge is -2.26. The number of oxazole rings is 1. The summed E-state index contributed by atoms with van der Waals surface area (Å²) in [5.74, 6) is 1.43. The third kappa shape index (κ3) is 4.32. The van der Waals surface area contributed by atoms with E-state index in [1.54, 1.807) is 6.92 Å². The topological polar surface area (TPSA) is 49.5 Å². The molecule has 0 spiro atoms. The average Bonchev–Trinajstić information content (AvgIpc) is 2.79. The van der Waals surface area contributed by atoms with Crippen LogP contribution in [0, 0.1) is 6.92 Å². The van der Waals surface area contributed by atoms with E-state index in [4.69, 9.17) is 16.0 Å². The van der Waals surface area contributed by atoms with E-state index >= 15 is 0 Å². The van der Waals surface area contributed by atoms with Gasteiger partial charge in [0, 0.05) is 23.2 Å². The lowest BCUT2D eigenvalue weighted by Crippen LogP contribution is -2.36. The number of benzene rings is 1. The molecule has 4 nitrogen and oxygen atoms in total. The van der Waals surface area contributed by atoms with Gasteiger partial charge in [0.05, 0.1) is 18.3 Å². The highest BCUT2D eigenvalue weighted by Crippen LogP contribution is 2.26. The molecule has 120 valence electrons. The van der Waals surface area contributed by atoms with E-state index < -0.39 is 0 Å². The Hall–Kier alpha value is -1.36.